The van der Waals surface area contributed by atoms with Crippen molar-refractivity contribution in [3.63, 3.8) is 0 Å². The lowest BCUT2D eigenvalue weighted by atomic mass is 10.1. The molecule has 0 fully saturated rings. The minimum Gasteiger partial charge on any atom is -0.366 e. The Morgan fingerprint density at radius 3 is 2.24 bits per heavy atom. The van der Waals surface area contributed by atoms with Crippen molar-refractivity contribution in [2.45, 2.75) is 13.8 Å². The molecule has 2 aromatic heterocycles. The molecule has 0 saturated heterocycles. The molecule has 5 heteroatoms. The molecule has 0 aliphatic heterocycles. The molecule has 0 radical (unpaired) electrons. The van der Waals surface area contributed by atoms with E-state index in [4.69, 9.17) is 5.73 Å². The quantitative estimate of drug-likeness (QED) is 0.799. The standard InChI is InChI=1S/C7H8N2O.C5H6N2/c1-5-2-3-9-4-6(5)7(8)10;1-5-2-3-6-4-7-5/h2-4H,1H3,(H2,8,10);2-4H,1H3. The van der Waals surface area contributed by atoms with Crippen molar-refractivity contribution in [2.75, 3.05) is 0 Å². The van der Waals surface area contributed by atoms with Gasteiger partial charge in [-0.15, -0.1) is 0 Å². The summed E-state index contributed by atoms with van der Waals surface area (Å²) in [6, 6.07) is 3.61. The molecule has 2 N–H and O–H groups in total. The monoisotopic (exact) mass is 230 g/mol. The number of nitrogens with zero attached hydrogens (tertiary/aromatic N) is 3. The number of hydrogen-bond acceptors (Lipinski definition) is 4. The van der Waals surface area contributed by atoms with Gasteiger partial charge >= 0.3 is 0 Å². The molecular formula is C12H14N4O. The van der Waals surface area contributed by atoms with Crippen LogP contribution < -0.4 is 5.73 Å². The highest BCUT2D eigenvalue weighted by molar-refractivity contribution is 5.93. The smallest absolute Gasteiger partial charge is 0.250 e. The second-order valence-corrected chi connectivity index (χ2v) is 3.41. The van der Waals surface area contributed by atoms with Gasteiger partial charge in [0.15, 0.2) is 0 Å². The van der Waals surface area contributed by atoms with Crippen LogP contribution in [0.1, 0.15) is 21.6 Å². The van der Waals surface area contributed by atoms with Gasteiger partial charge in [0, 0.05) is 24.3 Å². The molecule has 0 bridgehead atoms. The fraction of sp³-hybridized carbons (Fsp3) is 0.167. The van der Waals surface area contributed by atoms with E-state index in [9.17, 15) is 4.79 Å². The largest absolute Gasteiger partial charge is 0.366 e. The lowest BCUT2D eigenvalue weighted by Crippen LogP contribution is -2.12. The third kappa shape index (κ3) is 4.38. The van der Waals surface area contributed by atoms with Gasteiger partial charge in [-0.1, -0.05) is 0 Å². The first-order valence-corrected chi connectivity index (χ1v) is 5.04. The van der Waals surface area contributed by atoms with Crippen LogP contribution >= 0.6 is 0 Å². The first-order valence-electron chi connectivity index (χ1n) is 5.04. The molecule has 0 saturated carbocycles. The van der Waals surface area contributed by atoms with Gasteiger partial charge in [-0.3, -0.25) is 9.78 Å². The number of pyridine rings is 1. The summed E-state index contributed by atoms with van der Waals surface area (Å²) in [6.07, 6.45) is 6.36. The van der Waals surface area contributed by atoms with E-state index < -0.39 is 5.91 Å². The number of carbonyl (C=O) groups is 1. The van der Waals surface area contributed by atoms with E-state index in [1.807, 2.05) is 19.9 Å². The molecule has 0 aliphatic carbocycles. The highest BCUT2D eigenvalue weighted by Gasteiger charge is 2.01. The Kier molecular flexibility index (Phi) is 4.75. The highest BCUT2D eigenvalue weighted by atomic mass is 16.1. The van der Waals surface area contributed by atoms with E-state index in [1.54, 1.807) is 18.5 Å². The SMILES string of the molecule is Cc1ccncc1C(N)=O.Cc1ccncn1. The molecule has 0 aliphatic rings. The Bertz CT molecular complexity index is 485. The van der Waals surface area contributed by atoms with Crippen LogP contribution in [0.5, 0.6) is 0 Å². The maximum Gasteiger partial charge on any atom is 0.250 e. The molecule has 88 valence electrons. The fourth-order valence-corrected chi connectivity index (χ4v) is 1.08. The Balaban J connectivity index is 0.000000181. The summed E-state index contributed by atoms with van der Waals surface area (Å²) in [5, 5.41) is 0. The van der Waals surface area contributed by atoms with Crippen molar-refractivity contribution in [3.05, 3.63) is 53.9 Å². The zero-order chi connectivity index (χ0) is 12.7. The number of hydrogen-bond donors (Lipinski definition) is 1. The third-order valence-corrected chi connectivity index (χ3v) is 2.03. The van der Waals surface area contributed by atoms with Gasteiger partial charge < -0.3 is 5.73 Å². The molecular weight excluding hydrogens is 216 g/mol. The fourth-order valence-electron chi connectivity index (χ4n) is 1.08. The Morgan fingerprint density at radius 1 is 1.18 bits per heavy atom. The minimum atomic E-state index is -0.425. The summed E-state index contributed by atoms with van der Waals surface area (Å²) < 4.78 is 0. The summed E-state index contributed by atoms with van der Waals surface area (Å²) in [5.41, 5.74) is 7.40. The molecule has 5 nitrogen and oxygen atoms in total. The predicted molar refractivity (Wildman–Crippen MR) is 64.3 cm³/mol. The van der Waals surface area contributed by atoms with E-state index in [0.29, 0.717) is 5.56 Å². The van der Waals surface area contributed by atoms with E-state index in [1.165, 1.54) is 12.5 Å². The topological polar surface area (TPSA) is 81.8 Å². The molecule has 17 heavy (non-hydrogen) atoms. The zero-order valence-corrected chi connectivity index (χ0v) is 9.79. The van der Waals surface area contributed by atoms with Crippen molar-refractivity contribution in [3.8, 4) is 0 Å². The molecule has 2 heterocycles. The lowest BCUT2D eigenvalue weighted by molar-refractivity contribution is 0.0999. The van der Waals surface area contributed by atoms with Gasteiger partial charge in [0.2, 0.25) is 0 Å². The van der Waals surface area contributed by atoms with Crippen molar-refractivity contribution in [1.29, 1.82) is 0 Å². The number of aryl methyl sites for hydroxylation is 2. The number of amides is 1. The zero-order valence-electron chi connectivity index (χ0n) is 9.79. The second kappa shape index (κ2) is 6.32. The van der Waals surface area contributed by atoms with Crippen LogP contribution in [-0.4, -0.2) is 20.9 Å². The molecule has 0 aromatic carbocycles. The molecule has 0 spiro atoms. The van der Waals surface area contributed by atoms with E-state index in [-0.39, 0.29) is 0 Å². The van der Waals surface area contributed by atoms with Gasteiger partial charge in [0.25, 0.3) is 5.91 Å². The van der Waals surface area contributed by atoms with E-state index in [0.717, 1.165) is 11.3 Å². The minimum absolute atomic E-state index is 0.425. The van der Waals surface area contributed by atoms with Gasteiger partial charge in [-0.2, -0.15) is 0 Å². The van der Waals surface area contributed by atoms with Crippen LogP contribution in [0, 0.1) is 13.8 Å². The normalized spacial score (nSPS) is 9.06. The average molecular weight is 230 g/mol. The molecule has 2 rings (SSSR count). The molecule has 2 aromatic rings. The van der Waals surface area contributed by atoms with Crippen molar-refractivity contribution < 1.29 is 4.79 Å². The van der Waals surface area contributed by atoms with E-state index in [2.05, 4.69) is 15.0 Å². The van der Waals surface area contributed by atoms with Crippen molar-refractivity contribution in [1.82, 2.24) is 15.0 Å². The van der Waals surface area contributed by atoms with Crippen LogP contribution in [-0.2, 0) is 0 Å². The third-order valence-electron chi connectivity index (χ3n) is 2.03. The van der Waals surface area contributed by atoms with Gasteiger partial charge in [-0.25, -0.2) is 9.97 Å². The van der Waals surface area contributed by atoms with Crippen LogP contribution in [0.3, 0.4) is 0 Å². The van der Waals surface area contributed by atoms with Crippen LogP contribution in [0.25, 0.3) is 0 Å². The van der Waals surface area contributed by atoms with Crippen molar-refractivity contribution in [2.24, 2.45) is 5.73 Å². The number of primary amides is 1. The summed E-state index contributed by atoms with van der Waals surface area (Å²) in [5.74, 6) is -0.425. The summed E-state index contributed by atoms with van der Waals surface area (Å²) in [4.78, 5) is 22.0. The maximum atomic E-state index is 10.6. The van der Waals surface area contributed by atoms with E-state index >= 15 is 0 Å². The Labute approximate surface area is 99.7 Å². The average Bonchev–Trinajstić information content (AvgIpc) is 2.31. The maximum absolute atomic E-state index is 10.6. The Morgan fingerprint density at radius 2 is 1.88 bits per heavy atom. The number of rotatable bonds is 1. The van der Waals surface area contributed by atoms with Crippen molar-refractivity contribution >= 4 is 5.91 Å². The van der Waals surface area contributed by atoms with Gasteiger partial charge in [0.1, 0.15) is 6.33 Å². The predicted octanol–water partition coefficient (Wildman–Crippen LogP) is 1.27. The summed E-state index contributed by atoms with van der Waals surface area (Å²) in [7, 11) is 0. The van der Waals surface area contributed by atoms with Crippen LogP contribution in [0.4, 0.5) is 0 Å². The highest BCUT2D eigenvalue weighted by Crippen LogP contribution is 2.02. The number of nitrogens with two attached hydrogens (primary N) is 1. The summed E-state index contributed by atoms with van der Waals surface area (Å²) >= 11 is 0. The first kappa shape index (κ1) is 12.8. The first-order chi connectivity index (χ1) is 8.11. The molecule has 0 atom stereocenters. The molecule has 0 unspecified atom stereocenters. The number of carbonyl (C=O) groups excluding carboxylic acids is 1. The second-order valence-electron chi connectivity index (χ2n) is 3.41. The van der Waals surface area contributed by atoms with Gasteiger partial charge in [0.05, 0.1) is 5.56 Å². The molecule has 1 amide bonds. The Hall–Kier alpha value is -2.30. The number of aromatic nitrogens is 3. The lowest BCUT2D eigenvalue weighted by Gasteiger charge is -1.96. The summed E-state index contributed by atoms with van der Waals surface area (Å²) in [6.45, 7) is 3.75. The van der Waals surface area contributed by atoms with Crippen LogP contribution in [0.2, 0.25) is 0 Å². The van der Waals surface area contributed by atoms with Crippen LogP contribution in [0.15, 0.2) is 37.1 Å². The van der Waals surface area contributed by atoms with Gasteiger partial charge in [-0.05, 0) is 31.5 Å².